The molecule has 1 aromatic rings. The van der Waals surface area contributed by atoms with E-state index in [9.17, 15) is 19.5 Å². The second kappa shape index (κ2) is 12.2. The van der Waals surface area contributed by atoms with Crippen LogP contribution in [0.2, 0.25) is 0 Å². The van der Waals surface area contributed by atoms with E-state index in [0.717, 1.165) is 31.5 Å². The van der Waals surface area contributed by atoms with E-state index in [1.54, 1.807) is 0 Å². The quantitative estimate of drug-likeness (QED) is 0.590. The first-order valence-corrected chi connectivity index (χ1v) is 10.8. The summed E-state index contributed by atoms with van der Waals surface area (Å²) in [6.45, 7) is 4.49. The number of carboxylic acids is 2. The van der Waals surface area contributed by atoms with Gasteiger partial charge in [0.2, 0.25) is 0 Å². The Hall–Kier alpha value is -2.71. The van der Waals surface area contributed by atoms with Gasteiger partial charge in [0.15, 0.2) is 0 Å². The number of aliphatic carboxylic acids is 2. The van der Waals surface area contributed by atoms with E-state index in [0.29, 0.717) is 18.7 Å². The minimum Gasteiger partial charge on any atom is -0.478 e. The zero-order chi connectivity index (χ0) is 22.8. The van der Waals surface area contributed by atoms with Crippen molar-refractivity contribution in [3.8, 4) is 0 Å². The number of likely N-dealkylation sites (N-methyl/N-ethyl adjacent to an activating group) is 1. The number of aliphatic hydroxyl groups is 1. The van der Waals surface area contributed by atoms with E-state index < -0.39 is 18.0 Å². The molecule has 31 heavy (non-hydrogen) atoms. The van der Waals surface area contributed by atoms with Crippen LogP contribution in [-0.2, 0) is 9.59 Å². The van der Waals surface area contributed by atoms with Gasteiger partial charge in [-0.2, -0.15) is 0 Å². The van der Waals surface area contributed by atoms with E-state index in [1.165, 1.54) is 19.3 Å². The molecule has 8 heteroatoms. The van der Waals surface area contributed by atoms with Gasteiger partial charge in [0.1, 0.15) is 0 Å². The van der Waals surface area contributed by atoms with Gasteiger partial charge in [-0.1, -0.05) is 44.4 Å². The standard InChI is InChI=1S/C19H28N2O2.C4H4O4/c1-2-20-13-17(18(22)14-20)21(16-11-7-4-8-12-16)19(23)15-9-5-3-6-10-15;5-3(6)1-2-4(7)8/h3,5-6,9-10,16-18,22H,2,4,7-8,11-14H2,1H3;1-2H,(H,5,6)(H,7,8)/b;2-1+/t17-,18-;/m0./s1. The Labute approximate surface area is 182 Å². The number of hydrogen-bond acceptors (Lipinski definition) is 5. The first-order chi connectivity index (χ1) is 14.8. The van der Waals surface area contributed by atoms with Crippen molar-refractivity contribution in [1.29, 1.82) is 0 Å². The van der Waals surface area contributed by atoms with Gasteiger partial charge in [0.25, 0.3) is 5.91 Å². The summed E-state index contributed by atoms with van der Waals surface area (Å²) < 4.78 is 0. The number of rotatable bonds is 6. The average Bonchev–Trinajstić information content (AvgIpc) is 3.14. The van der Waals surface area contributed by atoms with Crippen molar-refractivity contribution in [2.45, 2.75) is 57.2 Å². The molecule has 3 N–H and O–H groups in total. The maximum absolute atomic E-state index is 13.2. The van der Waals surface area contributed by atoms with Gasteiger partial charge in [-0.3, -0.25) is 9.69 Å². The lowest BCUT2D eigenvalue weighted by atomic mass is 9.92. The normalized spacial score (nSPS) is 22.0. The van der Waals surface area contributed by atoms with E-state index >= 15 is 0 Å². The molecule has 0 radical (unpaired) electrons. The second-order valence-corrected chi connectivity index (χ2v) is 7.87. The third-order valence-corrected chi connectivity index (χ3v) is 5.73. The Morgan fingerprint density at radius 3 is 2.06 bits per heavy atom. The Kier molecular flexibility index (Phi) is 9.68. The number of carboxylic acid groups (broad SMARTS) is 2. The number of benzene rings is 1. The van der Waals surface area contributed by atoms with E-state index in [-0.39, 0.29) is 18.0 Å². The maximum Gasteiger partial charge on any atom is 0.328 e. The Bertz CT molecular complexity index is 745. The van der Waals surface area contributed by atoms with Gasteiger partial charge in [-0.05, 0) is 31.5 Å². The molecule has 1 saturated heterocycles. The highest BCUT2D eigenvalue weighted by molar-refractivity contribution is 5.94. The van der Waals surface area contributed by atoms with Crippen LogP contribution >= 0.6 is 0 Å². The zero-order valence-corrected chi connectivity index (χ0v) is 17.9. The molecule has 0 unspecified atom stereocenters. The van der Waals surface area contributed by atoms with Gasteiger partial charge in [0.05, 0.1) is 12.1 Å². The summed E-state index contributed by atoms with van der Waals surface area (Å²) in [5, 5.41) is 26.2. The fourth-order valence-corrected chi connectivity index (χ4v) is 4.20. The molecule has 8 nitrogen and oxygen atoms in total. The van der Waals surface area contributed by atoms with Crippen LogP contribution in [0.25, 0.3) is 0 Å². The predicted molar refractivity (Wildman–Crippen MR) is 116 cm³/mol. The zero-order valence-electron chi connectivity index (χ0n) is 17.9. The Morgan fingerprint density at radius 1 is 1.00 bits per heavy atom. The maximum atomic E-state index is 13.2. The second-order valence-electron chi connectivity index (χ2n) is 7.87. The fourth-order valence-electron chi connectivity index (χ4n) is 4.20. The molecular weight excluding hydrogens is 400 g/mol. The highest BCUT2D eigenvalue weighted by Gasteiger charge is 2.40. The molecule has 1 aliphatic heterocycles. The summed E-state index contributed by atoms with van der Waals surface area (Å²) in [4.78, 5) is 36.5. The number of carbonyl (C=O) groups is 3. The summed E-state index contributed by atoms with van der Waals surface area (Å²) in [6.07, 6.45) is 6.43. The van der Waals surface area contributed by atoms with Crippen molar-refractivity contribution in [3.63, 3.8) is 0 Å². The predicted octanol–water partition coefficient (Wildman–Crippen LogP) is 2.24. The molecule has 2 atom stereocenters. The lowest BCUT2D eigenvalue weighted by molar-refractivity contribution is -0.134. The number of likely N-dealkylation sites (tertiary alicyclic amines) is 1. The molecule has 1 amide bonds. The van der Waals surface area contributed by atoms with Gasteiger partial charge < -0.3 is 20.2 Å². The molecule has 1 heterocycles. The lowest BCUT2D eigenvalue weighted by Gasteiger charge is -2.39. The topological polar surface area (TPSA) is 118 Å². The summed E-state index contributed by atoms with van der Waals surface area (Å²) in [6, 6.07) is 9.73. The molecule has 0 aromatic heterocycles. The van der Waals surface area contributed by atoms with Crippen LogP contribution in [0.4, 0.5) is 0 Å². The highest BCUT2D eigenvalue weighted by Crippen LogP contribution is 2.29. The van der Waals surface area contributed by atoms with Crippen molar-refractivity contribution in [3.05, 3.63) is 48.0 Å². The molecular formula is C23H32N2O6. The Morgan fingerprint density at radius 2 is 1.58 bits per heavy atom. The van der Waals surface area contributed by atoms with E-state index in [4.69, 9.17) is 10.2 Å². The number of nitrogens with zero attached hydrogens (tertiary/aromatic N) is 2. The molecule has 170 valence electrons. The van der Waals surface area contributed by atoms with Crippen molar-refractivity contribution >= 4 is 17.8 Å². The van der Waals surface area contributed by atoms with Crippen LogP contribution in [0.3, 0.4) is 0 Å². The number of amides is 1. The van der Waals surface area contributed by atoms with Gasteiger partial charge in [0, 0.05) is 36.8 Å². The highest BCUT2D eigenvalue weighted by atomic mass is 16.4. The lowest BCUT2D eigenvalue weighted by Crippen LogP contribution is -2.52. The Balaban J connectivity index is 0.000000366. The summed E-state index contributed by atoms with van der Waals surface area (Å²) in [5.74, 6) is -2.43. The van der Waals surface area contributed by atoms with Crippen molar-refractivity contribution in [2.75, 3.05) is 19.6 Å². The van der Waals surface area contributed by atoms with Crippen LogP contribution in [0, 0.1) is 0 Å². The number of aliphatic hydroxyl groups excluding tert-OH is 1. The average molecular weight is 433 g/mol. The van der Waals surface area contributed by atoms with Crippen LogP contribution in [-0.4, -0.2) is 80.8 Å². The molecule has 0 bridgehead atoms. The molecule has 3 rings (SSSR count). The van der Waals surface area contributed by atoms with Gasteiger partial charge in [-0.25, -0.2) is 9.59 Å². The smallest absolute Gasteiger partial charge is 0.328 e. The van der Waals surface area contributed by atoms with Gasteiger partial charge in [-0.15, -0.1) is 0 Å². The SMILES string of the molecule is CCN1C[C@H](O)[C@@H](N(C(=O)c2ccccc2)C2CCCCC2)C1.O=C(O)/C=C/C(=O)O. The molecule has 2 fully saturated rings. The summed E-state index contributed by atoms with van der Waals surface area (Å²) >= 11 is 0. The number of β-amino-alcohol motifs (C(OH)–C–C–N with tert-alkyl or cyclic N) is 1. The molecule has 0 spiro atoms. The minimum absolute atomic E-state index is 0.0780. The largest absolute Gasteiger partial charge is 0.478 e. The van der Waals surface area contributed by atoms with Crippen LogP contribution in [0.1, 0.15) is 49.4 Å². The van der Waals surface area contributed by atoms with Crippen LogP contribution in [0.5, 0.6) is 0 Å². The monoisotopic (exact) mass is 432 g/mol. The number of carbonyl (C=O) groups excluding carboxylic acids is 1. The first kappa shape index (κ1) is 24.6. The van der Waals surface area contributed by atoms with Crippen molar-refractivity contribution in [1.82, 2.24) is 9.80 Å². The third-order valence-electron chi connectivity index (χ3n) is 5.73. The summed E-state index contributed by atoms with van der Waals surface area (Å²) in [5.41, 5.74) is 0.736. The number of hydrogen-bond donors (Lipinski definition) is 3. The molecule has 1 aromatic carbocycles. The third kappa shape index (κ3) is 7.48. The van der Waals surface area contributed by atoms with Crippen LogP contribution in [0.15, 0.2) is 42.5 Å². The summed E-state index contributed by atoms with van der Waals surface area (Å²) in [7, 11) is 0. The van der Waals surface area contributed by atoms with Crippen LogP contribution < -0.4 is 0 Å². The van der Waals surface area contributed by atoms with Gasteiger partial charge >= 0.3 is 11.9 Å². The van der Waals surface area contributed by atoms with Crippen molar-refractivity contribution < 1.29 is 29.7 Å². The molecule has 2 aliphatic rings. The molecule has 1 aliphatic carbocycles. The fraction of sp³-hybridized carbons (Fsp3) is 0.522. The minimum atomic E-state index is -1.26. The molecule has 1 saturated carbocycles. The van der Waals surface area contributed by atoms with E-state index in [2.05, 4.69) is 11.8 Å². The van der Waals surface area contributed by atoms with Crippen molar-refractivity contribution in [2.24, 2.45) is 0 Å². The van der Waals surface area contributed by atoms with E-state index in [1.807, 2.05) is 35.2 Å². The first-order valence-electron chi connectivity index (χ1n) is 10.8.